The number of esters is 1. The van der Waals surface area contributed by atoms with Crippen molar-refractivity contribution in [2.24, 2.45) is 12.1 Å². The van der Waals surface area contributed by atoms with E-state index in [2.05, 4.69) is 10.2 Å². The quantitative estimate of drug-likeness (QED) is 0.414. The number of fused-ring (bicyclic) bond motifs is 1. The highest BCUT2D eigenvalue weighted by Crippen LogP contribution is 2.33. The van der Waals surface area contributed by atoms with Crippen molar-refractivity contribution in [2.75, 3.05) is 6.61 Å². The average Bonchev–Trinajstić information content (AvgIpc) is 3.55. The number of ether oxygens (including phenoxy) is 1. The predicted octanol–water partition coefficient (Wildman–Crippen LogP) is 3.37. The molecular formula is C26H22N4O5. The van der Waals surface area contributed by atoms with Crippen molar-refractivity contribution in [1.82, 2.24) is 14.8 Å². The van der Waals surface area contributed by atoms with Crippen LogP contribution in [0.15, 0.2) is 81.2 Å². The number of hydrogen-bond donors (Lipinski definition) is 0. The zero-order valence-corrected chi connectivity index (χ0v) is 19.2. The zero-order valence-electron chi connectivity index (χ0n) is 19.2. The van der Waals surface area contributed by atoms with Crippen LogP contribution < -0.4 is 5.56 Å². The topological polar surface area (TPSA) is 107 Å². The molecule has 0 radical (unpaired) electrons. The van der Waals surface area contributed by atoms with Gasteiger partial charge in [-0.3, -0.25) is 9.59 Å². The first-order chi connectivity index (χ1) is 16.9. The number of hydrogen-bond acceptors (Lipinski definition) is 7. The second kappa shape index (κ2) is 9.02. The summed E-state index contributed by atoms with van der Waals surface area (Å²) < 4.78 is 11.9. The molecule has 1 atom stereocenters. The van der Waals surface area contributed by atoms with Gasteiger partial charge < -0.3 is 9.15 Å². The Morgan fingerprint density at radius 2 is 1.80 bits per heavy atom. The lowest BCUT2D eigenvalue weighted by molar-refractivity contribution is -0.136. The van der Waals surface area contributed by atoms with Crippen LogP contribution in [0, 0.1) is 6.92 Å². The van der Waals surface area contributed by atoms with Gasteiger partial charge in [-0.15, -0.1) is 0 Å². The molecule has 3 heterocycles. The molecule has 2 aromatic carbocycles. The van der Waals surface area contributed by atoms with Crippen molar-refractivity contribution in [1.29, 1.82) is 0 Å². The van der Waals surface area contributed by atoms with Crippen molar-refractivity contribution in [3.8, 4) is 0 Å². The molecule has 5 rings (SSSR count). The number of amides is 1. The van der Waals surface area contributed by atoms with Gasteiger partial charge in [0.15, 0.2) is 12.3 Å². The molecule has 176 valence electrons. The smallest absolute Gasteiger partial charge is 0.359 e. The molecule has 0 saturated carbocycles. The van der Waals surface area contributed by atoms with Gasteiger partial charge in [0.2, 0.25) is 0 Å². The van der Waals surface area contributed by atoms with E-state index in [1.165, 1.54) is 12.1 Å². The molecule has 35 heavy (non-hydrogen) atoms. The average molecular weight is 470 g/mol. The molecule has 9 nitrogen and oxygen atoms in total. The molecule has 1 amide bonds. The van der Waals surface area contributed by atoms with Gasteiger partial charge in [-0.05, 0) is 30.7 Å². The Balaban J connectivity index is 1.38. The Morgan fingerprint density at radius 3 is 2.51 bits per heavy atom. The second-order valence-electron chi connectivity index (χ2n) is 8.29. The lowest BCUT2D eigenvalue weighted by atomic mass is 10.0. The van der Waals surface area contributed by atoms with Gasteiger partial charge in [0.25, 0.3) is 11.5 Å². The fourth-order valence-electron chi connectivity index (χ4n) is 4.08. The number of aryl methyl sites for hydroxylation is 2. The Bertz CT molecular complexity index is 1500. The summed E-state index contributed by atoms with van der Waals surface area (Å²) in [4.78, 5) is 38.3. The number of aromatic nitrogens is 2. The Labute approximate surface area is 200 Å². The van der Waals surface area contributed by atoms with Gasteiger partial charge in [0.05, 0.1) is 17.4 Å². The predicted molar refractivity (Wildman–Crippen MR) is 128 cm³/mol. The Morgan fingerprint density at radius 1 is 1.06 bits per heavy atom. The third kappa shape index (κ3) is 4.23. The van der Waals surface area contributed by atoms with E-state index < -0.39 is 24.5 Å². The van der Waals surface area contributed by atoms with E-state index >= 15 is 0 Å². The Hall–Kier alpha value is -4.53. The van der Waals surface area contributed by atoms with Gasteiger partial charge in [-0.25, -0.2) is 14.5 Å². The molecule has 0 fully saturated rings. The number of carbonyl (C=O) groups is 2. The number of carbonyl (C=O) groups excluding carboxylic acids is 2. The molecule has 0 N–H and O–H groups in total. The molecule has 0 aliphatic carbocycles. The second-order valence-corrected chi connectivity index (χ2v) is 8.29. The van der Waals surface area contributed by atoms with Crippen molar-refractivity contribution in [3.05, 3.63) is 99.9 Å². The van der Waals surface area contributed by atoms with E-state index in [1.54, 1.807) is 42.7 Å². The summed E-state index contributed by atoms with van der Waals surface area (Å²) >= 11 is 0. The van der Waals surface area contributed by atoms with E-state index in [9.17, 15) is 14.4 Å². The minimum Gasteiger partial charge on any atom is -0.467 e. The molecule has 0 bridgehead atoms. The van der Waals surface area contributed by atoms with Crippen LogP contribution >= 0.6 is 0 Å². The molecular weight excluding hydrogens is 448 g/mol. The summed E-state index contributed by atoms with van der Waals surface area (Å²) in [5.41, 5.74) is 2.39. The first kappa shape index (κ1) is 22.3. The van der Waals surface area contributed by atoms with Crippen molar-refractivity contribution in [3.63, 3.8) is 0 Å². The summed E-state index contributed by atoms with van der Waals surface area (Å²) in [6.45, 7) is 1.46. The zero-order chi connectivity index (χ0) is 24.5. The van der Waals surface area contributed by atoms with Gasteiger partial charge in [0, 0.05) is 18.9 Å². The molecule has 0 saturated heterocycles. The lowest BCUT2D eigenvalue weighted by Crippen LogP contribution is -2.31. The monoisotopic (exact) mass is 470 g/mol. The minimum atomic E-state index is -0.804. The Kier molecular flexibility index (Phi) is 5.74. The van der Waals surface area contributed by atoms with E-state index in [4.69, 9.17) is 9.15 Å². The standard InChI is InChI=1S/C26H22N4O5/c1-16-9-11-17(12-10-16)20-14-21(22-8-5-13-34-22)30(27-20)23(31)15-35-26(33)24-18-6-3-4-7-19(18)25(32)29(2)28-24/h3-13,21H,14-15H2,1-2H3. The maximum absolute atomic E-state index is 13.1. The summed E-state index contributed by atoms with van der Waals surface area (Å²) in [6, 6.07) is 17.6. The van der Waals surface area contributed by atoms with Crippen LogP contribution in [0.4, 0.5) is 0 Å². The maximum Gasteiger partial charge on any atom is 0.359 e. The minimum absolute atomic E-state index is 0.0386. The van der Waals surface area contributed by atoms with Crippen LogP contribution in [-0.2, 0) is 16.6 Å². The van der Waals surface area contributed by atoms with Gasteiger partial charge in [0.1, 0.15) is 11.8 Å². The van der Waals surface area contributed by atoms with Crippen molar-refractivity contribution >= 4 is 28.4 Å². The third-order valence-electron chi connectivity index (χ3n) is 5.90. The number of furan rings is 1. The highest BCUT2D eigenvalue weighted by atomic mass is 16.5. The summed E-state index contributed by atoms with van der Waals surface area (Å²) in [7, 11) is 1.45. The van der Waals surface area contributed by atoms with Gasteiger partial charge in [-0.2, -0.15) is 10.2 Å². The fraction of sp³-hybridized carbons (Fsp3) is 0.192. The molecule has 0 spiro atoms. The van der Waals surface area contributed by atoms with Crippen molar-refractivity contribution < 1.29 is 18.7 Å². The number of hydrazone groups is 1. The van der Waals surface area contributed by atoms with Crippen LogP contribution in [0.3, 0.4) is 0 Å². The fourth-order valence-corrected chi connectivity index (χ4v) is 4.08. The van der Waals surface area contributed by atoms with E-state index in [1.807, 2.05) is 31.2 Å². The summed E-state index contributed by atoms with van der Waals surface area (Å²) in [5.74, 6) is -0.723. The first-order valence-electron chi connectivity index (χ1n) is 11.1. The van der Waals surface area contributed by atoms with Crippen LogP contribution in [0.1, 0.15) is 39.8 Å². The van der Waals surface area contributed by atoms with Gasteiger partial charge in [-0.1, -0.05) is 48.0 Å². The summed E-state index contributed by atoms with van der Waals surface area (Å²) in [5, 5.41) is 10.6. The highest BCUT2D eigenvalue weighted by Gasteiger charge is 2.35. The van der Waals surface area contributed by atoms with Crippen LogP contribution in [0.2, 0.25) is 0 Å². The molecule has 4 aromatic rings. The van der Waals surface area contributed by atoms with E-state index in [0.717, 1.165) is 21.5 Å². The SMILES string of the molecule is Cc1ccc(C2=NN(C(=O)COC(=O)c3nn(C)c(=O)c4ccccc34)C(c3ccco3)C2)cc1. The number of nitrogens with zero attached hydrogens (tertiary/aromatic N) is 4. The van der Waals surface area contributed by atoms with Crippen LogP contribution in [0.25, 0.3) is 10.8 Å². The molecule has 1 aliphatic rings. The third-order valence-corrected chi connectivity index (χ3v) is 5.90. The molecule has 2 aromatic heterocycles. The van der Waals surface area contributed by atoms with E-state index in [0.29, 0.717) is 23.0 Å². The number of benzene rings is 2. The highest BCUT2D eigenvalue weighted by molar-refractivity contribution is 6.04. The molecule has 1 unspecified atom stereocenters. The van der Waals surface area contributed by atoms with E-state index in [-0.39, 0.29) is 11.3 Å². The lowest BCUT2D eigenvalue weighted by Gasteiger charge is -2.19. The van der Waals surface area contributed by atoms with Crippen LogP contribution in [0.5, 0.6) is 0 Å². The maximum atomic E-state index is 13.1. The first-order valence-corrected chi connectivity index (χ1v) is 11.1. The number of rotatable bonds is 5. The normalized spacial score (nSPS) is 15.3. The van der Waals surface area contributed by atoms with Crippen LogP contribution in [-0.4, -0.2) is 39.0 Å². The van der Waals surface area contributed by atoms with Crippen molar-refractivity contribution in [2.45, 2.75) is 19.4 Å². The summed E-state index contributed by atoms with van der Waals surface area (Å²) in [6.07, 6.45) is 2.00. The largest absolute Gasteiger partial charge is 0.467 e. The molecule has 1 aliphatic heterocycles. The van der Waals surface area contributed by atoms with Gasteiger partial charge >= 0.3 is 5.97 Å². The molecule has 9 heteroatoms.